The third-order valence-electron chi connectivity index (χ3n) is 4.58. The van der Waals surface area contributed by atoms with Crippen molar-refractivity contribution in [2.24, 2.45) is 5.41 Å². The van der Waals surface area contributed by atoms with Gasteiger partial charge in [0.25, 0.3) is 0 Å². The zero-order valence-electron chi connectivity index (χ0n) is 14.5. The maximum absolute atomic E-state index is 11.9. The van der Waals surface area contributed by atoms with Gasteiger partial charge in [-0.1, -0.05) is 19.1 Å². The highest BCUT2D eigenvalue weighted by atomic mass is 16.5. The van der Waals surface area contributed by atoms with Gasteiger partial charge in [-0.3, -0.25) is 4.79 Å². The van der Waals surface area contributed by atoms with E-state index in [2.05, 4.69) is 30.5 Å². The maximum atomic E-state index is 11.9. The van der Waals surface area contributed by atoms with Gasteiger partial charge in [0.05, 0.1) is 6.61 Å². The van der Waals surface area contributed by atoms with Crippen LogP contribution in [-0.4, -0.2) is 32.1 Å². The summed E-state index contributed by atoms with van der Waals surface area (Å²) in [6, 6.07) is 8.06. The van der Waals surface area contributed by atoms with Crippen molar-refractivity contribution in [3.63, 3.8) is 0 Å². The lowest BCUT2D eigenvalue weighted by molar-refractivity contribution is -0.121. The van der Waals surface area contributed by atoms with E-state index in [0.717, 1.165) is 51.1 Å². The Morgan fingerprint density at radius 1 is 1.30 bits per heavy atom. The first-order valence-corrected chi connectivity index (χ1v) is 8.74. The fourth-order valence-electron chi connectivity index (χ4n) is 2.89. The van der Waals surface area contributed by atoms with Crippen molar-refractivity contribution in [1.82, 2.24) is 10.6 Å². The Morgan fingerprint density at radius 3 is 2.83 bits per heavy atom. The Labute approximate surface area is 140 Å². The summed E-state index contributed by atoms with van der Waals surface area (Å²) in [5.41, 5.74) is 1.46. The van der Waals surface area contributed by atoms with Crippen molar-refractivity contribution in [2.45, 2.75) is 46.0 Å². The normalized spacial score (nSPS) is 16.8. The molecule has 0 aromatic heterocycles. The van der Waals surface area contributed by atoms with Crippen LogP contribution in [0.1, 0.15) is 44.6 Å². The molecule has 1 fully saturated rings. The van der Waals surface area contributed by atoms with Crippen molar-refractivity contribution in [2.75, 3.05) is 26.2 Å². The van der Waals surface area contributed by atoms with Gasteiger partial charge in [0.1, 0.15) is 5.75 Å². The highest BCUT2D eigenvalue weighted by Gasteiger charge is 2.26. The highest BCUT2D eigenvalue weighted by Crippen LogP contribution is 2.26. The molecule has 0 spiro atoms. The number of hydrogen-bond donors (Lipinski definition) is 2. The molecule has 1 saturated heterocycles. The van der Waals surface area contributed by atoms with Gasteiger partial charge in [0.2, 0.25) is 5.91 Å². The van der Waals surface area contributed by atoms with Crippen LogP contribution < -0.4 is 15.4 Å². The monoisotopic (exact) mass is 318 g/mol. The van der Waals surface area contributed by atoms with Gasteiger partial charge in [-0.2, -0.15) is 0 Å². The van der Waals surface area contributed by atoms with E-state index < -0.39 is 0 Å². The number of carbonyl (C=O) groups is 1. The molecule has 0 saturated carbocycles. The molecule has 0 aliphatic carbocycles. The van der Waals surface area contributed by atoms with Crippen LogP contribution in [0.25, 0.3) is 0 Å². The van der Waals surface area contributed by atoms with Crippen molar-refractivity contribution in [3.05, 3.63) is 29.8 Å². The smallest absolute Gasteiger partial charge is 0.220 e. The molecule has 1 aliphatic heterocycles. The van der Waals surface area contributed by atoms with Crippen LogP contribution in [0.15, 0.2) is 24.3 Å². The molecule has 1 aromatic rings. The molecule has 0 radical (unpaired) electrons. The lowest BCUT2D eigenvalue weighted by Gasteiger charge is -2.34. The lowest BCUT2D eigenvalue weighted by Crippen LogP contribution is -2.42. The number of carbonyl (C=O) groups excluding carboxylic acids is 1. The van der Waals surface area contributed by atoms with Gasteiger partial charge in [-0.15, -0.1) is 0 Å². The number of aryl methyl sites for hydroxylation is 1. The zero-order chi connectivity index (χ0) is 16.5. The number of hydrogen-bond acceptors (Lipinski definition) is 3. The van der Waals surface area contributed by atoms with Gasteiger partial charge < -0.3 is 15.4 Å². The minimum atomic E-state index is 0.167. The van der Waals surface area contributed by atoms with Crippen LogP contribution in [-0.2, 0) is 4.79 Å². The predicted octanol–water partition coefficient (Wildman–Crippen LogP) is 3.05. The minimum absolute atomic E-state index is 0.167. The van der Waals surface area contributed by atoms with E-state index in [0.29, 0.717) is 13.0 Å². The van der Waals surface area contributed by atoms with Gasteiger partial charge in [0, 0.05) is 13.0 Å². The second-order valence-electron chi connectivity index (χ2n) is 6.96. The van der Waals surface area contributed by atoms with Crippen LogP contribution >= 0.6 is 0 Å². The van der Waals surface area contributed by atoms with E-state index in [-0.39, 0.29) is 11.3 Å². The largest absolute Gasteiger partial charge is 0.494 e. The molecule has 1 heterocycles. The molecule has 0 unspecified atom stereocenters. The van der Waals surface area contributed by atoms with E-state index in [9.17, 15) is 4.79 Å². The number of benzene rings is 1. The first kappa shape index (κ1) is 17.8. The van der Waals surface area contributed by atoms with E-state index in [1.807, 2.05) is 18.2 Å². The summed E-state index contributed by atoms with van der Waals surface area (Å²) in [6.07, 6.45) is 4.64. The molecule has 0 atom stereocenters. The summed E-state index contributed by atoms with van der Waals surface area (Å²) in [4.78, 5) is 11.9. The molecule has 4 heteroatoms. The maximum Gasteiger partial charge on any atom is 0.220 e. The zero-order valence-corrected chi connectivity index (χ0v) is 14.5. The molecule has 4 nitrogen and oxygen atoms in total. The number of nitrogens with one attached hydrogen (secondary N) is 2. The van der Waals surface area contributed by atoms with E-state index >= 15 is 0 Å². The van der Waals surface area contributed by atoms with Crippen LogP contribution in [0.4, 0.5) is 0 Å². The molecule has 2 rings (SSSR count). The van der Waals surface area contributed by atoms with Gasteiger partial charge in [0.15, 0.2) is 0 Å². The van der Waals surface area contributed by atoms with E-state index in [1.165, 1.54) is 5.56 Å². The third kappa shape index (κ3) is 6.61. The van der Waals surface area contributed by atoms with Crippen LogP contribution in [0.2, 0.25) is 0 Å². The van der Waals surface area contributed by atoms with Crippen molar-refractivity contribution in [3.8, 4) is 5.75 Å². The summed E-state index contributed by atoms with van der Waals surface area (Å²) < 4.78 is 5.70. The average Bonchev–Trinajstić information content (AvgIpc) is 2.53. The molecule has 1 aliphatic rings. The van der Waals surface area contributed by atoms with Crippen molar-refractivity contribution >= 4 is 5.91 Å². The molecule has 0 bridgehead atoms. The minimum Gasteiger partial charge on any atom is -0.494 e. The average molecular weight is 318 g/mol. The number of unbranched alkanes of at least 4 members (excludes halogenated alkanes) is 1. The Hall–Kier alpha value is -1.55. The van der Waals surface area contributed by atoms with Crippen LogP contribution in [0.5, 0.6) is 5.75 Å². The molecule has 2 N–H and O–H groups in total. The first-order chi connectivity index (χ1) is 11.1. The molecular weight excluding hydrogens is 288 g/mol. The SMILES string of the molecule is Cc1cccc(OCCCCC(=O)NCC2(C)CCNCC2)c1. The number of amides is 1. The molecule has 1 aromatic carbocycles. The molecule has 23 heavy (non-hydrogen) atoms. The quantitative estimate of drug-likeness (QED) is 0.724. The van der Waals surface area contributed by atoms with Gasteiger partial charge in [-0.25, -0.2) is 0 Å². The lowest BCUT2D eigenvalue weighted by atomic mass is 9.81. The fraction of sp³-hybridized carbons (Fsp3) is 0.632. The van der Waals surface area contributed by atoms with E-state index in [4.69, 9.17) is 4.74 Å². The fourth-order valence-corrected chi connectivity index (χ4v) is 2.89. The van der Waals surface area contributed by atoms with Gasteiger partial charge >= 0.3 is 0 Å². The van der Waals surface area contributed by atoms with Crippen LogP contribution in [0.3, 0.4) is 0 Å². The Kier molecular flexibility index (Phi) is 6.90. The van der Waals surface area contributed by atoms with Gasteiger partial charge in [-0.05, 0) is 68.8 Å². The molecule has 1 amide bonds. The summed E-state index contributed by atoms with van der Waals surface area (Å²) in [5, 5.41) is 6.47. The summed E-state index contributed by atoms with van der Waals surface area (Å²) in [6.45, 7) is 7.91. The second-order valence-corrected chi connectivity index (χ2v) is 6.96. The standard InChI is InChI=1S/C19H30N2O2/c1-16-6-5-7-17(14-16)23-13-4-3-8-18(22)21-15-19(2)9-11-20-12-10-19/h5-7,14,20H,3-4,8-13,15H2,1-2H3,(H,21,22). The van der Waals surface area contributed by atoms with Crippen LogP contribution in [0, 0.1) is 12.3 Å². The Balaban J connectivity index is 1.54. The molecule has 128 valence electrons. The summed E-state index contributed by atoms with van der Waals surface area (Å²) in [7, 11) is 0. The third-order valence-corrected chi connectivity index (χ3v) is 4.58. The number of rotatable bonds is 8. The summed E-state index contributed by atoms with van der Waals surface area (Å²) in [5.74, 6) is 1.08. The Morgan fingerprint density at radius 2 is 2.09 bits per heavy atom. The Bertz CT molecular complexity index is 496. The van der Waals surface area contributed by atoms with E-state index in [1.54, 1.807) is 0 Å². The van der Waals surface area contributed by atoms with Crippen molar-refractivity contribution in [1.29, 1.82) is 0 Å². The number of ether oxygens (including phenoxy) is 1. The highest BCUT2D eigenvalue weighted by molar-refractivity contribution is 5.75. The second kappa shape index (κ2) is 8.92. The molecular formula is C19H30N2O2. The summed E-state index contributed by atoms with van der Waals surface area (Å²) >= 11 is 0. The number of piperidine rings is 1. The first-order valence-electron chi connectivity index (χ1n) is 8.74. The van der Waals surface area contributed by atoms with Crippen molar-refractivity contribution < 1.29 is 9.53 Å². The predicted molar refractivity (Wildman–Crippen MR) is 93.7 cm³/mol. The topological polar surface area (TPSA) is 50.4 Å².